The molecule has 0 spiro atoms. The molecule has 0 N–H and O–H groups in total. The number of hydrogen-bond donors (Lipinski definition) is 0. The fourth-order valence-electron chi connectivity index (χ4n) is 0.874. The molecule has 0 aromatic carbocycles. The average Bonchev–Trinajstić information content (AvgIpc) is 1.95. The van der Waals surface area contributed by atoms with Crippen LogP contribution in [0.3, 0.4) is 0 Å². The minimum absolute atomic E-state index is 0.202. The van der Waals surface area contributed by atoms with Gasteiger partial charge in [-0.2, -0.15) is 0 Å². The Morgan fingerprint density at radius 1 is 1.38 bits per heavy atom. The van der Waals surface area contributed by atoms with Gasteiger partial charge in [0.1, 0.15) is 0 Å². The van der Waals surface area contributed by atoms with Crippen molar-refractivity contribution in [2.45, 2.75) is 46.3 Å². The molecule has 13 heavy (non-hydrogen) atoms. The molecule has 0 saturated carbocycles. The van der Waals surface area contributed by atoms with E-state index in [0.29, 0.717) is 13.2 Å². The van der Waals surface area contributed by atoms with Crippen LogP contribution in [0.15, 0.2) is 5.29 Å². The Morgan fingerprint density at radius 2 is 1.92 bits per heavy atom. The van der Waals surface area contributed by atoms with Crippen LogP contribution in [0.25, 0.3) is 0 Å². The van der Waals surface area contributed by atoms with Crippen LogP contribution in [-0.4, -0.2) is 29.8 Å². The first-order chi connectivity index (χ1) is 5.88. The zero-order chi connectivity index (χ0) is 10.5. The van der Waals surface area contributed by atoms with Gasteiger partial charge >= 0.3 is 0 Å². The maximum absolute atomic E-state index is 10.4. The molecule has 0 heterocycles. The molecule has 0 saturated heterocycles. The van der Waals surface area contributed by atoms with Gasteiger partial charge in [0.15, 0.2) is 0 Å². The lowest BCUT2D eigenvalue weighted by Gasteiger charge is -2.29. The Bertz CT molecular complexity index is 152. The van der Waals surface area contributed by atoms with Gasteiger partial charge in [0.2, 0.25) is 0 Å². The van der Waals surface area contributed by atoms with Crippen molar-refractivity contribution in [3.63, 3.8) is 0 Å². The van der Waals surface area contributed by atoms with Crippen LogP contribution in [0.5, 0.6) is 0 Å². The molecule has 0 aliphatic heterocycles. The van der Waals surface area contributed by atoms with Crippen molar-refractivity contribution >= 4 is 0 Å². The van der Waals surface area contributed by atoms with Crippen molar-refractivity contribution in [2.24, 2.45) is 5.29 Å². The standard InChI is InChI=1S/C9H20N2O2/c1-8(2)13-7-6-11(10-12)9(3,4)5/h8H,6-7H2,1-5H3. The zero-order valence-corrected chi connectivity index (χ0v) is 9.20. The van der Waals surface area contributed by atoms with Gasteiger partial charge in [-0.15, -0.1) is 4.91 Å². The fraction of sp³-hybridized carbons (Fsp3) is 1.00. The predicted octanol–water partition coefficient (Wildman–Crippen LogP) is 2.19. The van der Waals surface area contributed by atoms with Crippen LogP contribution >= 0.6 is 0 Å². The summed E-state index contributed by atoms with van der Waals surface area (Å²) in [7, 11) is 0. The molecule has 0 aromatic rings. The summed E-state index contributed by atoms with van der Waals surface area (Å²) >= 11 is 0. The summed E-state index contributed by atoms with van der Waals surface area (Å²) < 4.78 is 5.33. The summed E-state index contributed by atoms with van der Waals surface area (Å²) in [6.07, 6.45) is 0.202. The largest absolute Gasteiger partial charge is 0.377 e. The topological polar surface area (TPSA) is 41.9 Å². The number of nitroso groups, excluding NO2 is 1. The molecule has 78 valence electrons. The molecule has 4 heteroatoms. The van der Waals surface area contributed by atoms with Gasteiger partial charge in [-0.05, 0) is 34.6 Å². The average molecular weight is 188 g/mol. The van der Waals surface area contributed by atoms with Crippen molar-refractivity contribution in [1.82, 2.24) is 5.01 Å². The SMILES string of the molecule is CC(C)OCCN(N=O)C(C)(C)C. The molecule has 0 aliphatic rings. The smallest absolute Gasteiger partial charge is 0.0663 e. The van der Waals surface area contributed by atoms with Gasteiger partial charge < -0.3 is 4.74 Å². The third kappa shape index (κ3) is 5.58. The van der Waals surface area contributed by atoms with Crippen molar-refractivity contribution in [3.05, 3.63) is 4.91 Å². The lowest BCUT2D eigenvalue weighted by molar-refractivity contribution is 0.0355. The minimum Gasteiger partial charge on any atom is -0.377 e. The Morgan fingerprint density at radius 3 is 2.23 bits per heavy atom. The zero-order valence-electron chi connectivity index (χ0n) is 9.20. The molecule has 0 aromatic heterocycles. The minimum atomic E-state index is -0.220. The Balaban J connectivity index is 3.80. The predicted molar refractivity (Wildman–Crippen MR) is 53.3 cm³/mol. The van der Waals surface area contributed by atoms with Crippen molar-refractivity contribution in [3.8, 4) is 0 Å². The van der Waals surface area contributed by atoms with Gasteiger partial charge in [-0.1, -0.05) is 0 Å². The Kier molecular flexibility index (Phi) is 4.91. The first-order valence-corrected chi connectivity index (χ1v) is 4.60. The quantitative estimate of drug-likeness (QED) is 0.490. The lowest BCUT2D eigenvalue weighted by atomic mass is 10.1. The summed E-state index contributed by atoms with van der Waals surface area (Å²) in [6.45, 7) is 10.9. The van der Waals surface area contributed by atoms with E-state index in [9.17, 15) is 4.91 Å². The highest BCUT2D eigenvalue weighted by Gasteiger charge is 2.20. The van der Waals surface area contributed by atoms with Crippen molar-refractivity contribution in [1.29, 1.82) is 0 Å². The fourth-order valence-corrected chi connectivity index (χ4v) is 0.874. The maximum atomic E-state index is 10.4. The molecule has 0 radical (unpaired) electrons. The van der Waals surface area contributed by atoms with E-state index in [2.05, 4.69) is 5.29 Å². The van der Waals surface area contributed by atoms with E-state index in [-0.39, 0.29) is 11.6 Å². The third-order valence-corrected chi connectivity index (χ3v) is 1.63. The molecule has 0 atom stereocenters. The molecule has 0 unspecified atom stereocenters. The summed E-state index contributed by atoms with van der Waals surface area (Å²) in [5, 5.41) is 4.45. The van der Waals surface area contributed by atoms with E-state index in [0.717, 1.165) is 0 Å². The summed E-state index contributed by atoms with van der Waals surface area (Å²) in [5.41, 5.74) is -0.220. The maximum Gasteiger partial charge on any atom is 0.0663 e. The van der Waals surface area contributed by atoms with Crippen LogP contribution in [0, 0.1) is 4.91 Å². The molecule has 0 bridgehead atoms. The first-order valence-electron chi connectivity index (χ1n) is 4.60. The summed E-state index contributed by atoms with van der Waals surface area (Å²) in [5.74, 6) is 0. The van der Waals surface area contributed by atoms with Crippen LogP contribution < -0.4 is 0 Å². The van der Waals surface area contributed by atoms with Crippen molar-refractivity contribution < 1.29 is 4.74 Å². The third-order valence-electron chi connectivity index (χ3n) is 1.63. The molecular weight excluding hydrogens is 168 g/mol. The van der Waals surface area contributed by atoms with Crippen LogP contribution in [0.2, 0.25) is 0 Å². The van der Waals surface area contributed by atoms with Gasteiger partial charge in [0.25, 0.3) is 0 Å². The lowest BCUT2D eigenvalue weighted by Crippen LogP contribution is -2.39. The van der Waals surface area contributed by atoms with Crippen molar-refractivity contribution in [2.75, 3.05) is 13.2 Å². The molecule has 0 aliphatic carbocycles. The van der Waals surface area contributed by atoms with E-state index in [1.165, 1.54) is 5.01 Å². The molecule has 0 amide bonds. The van der Waals surface area contributed by atoms with E-state index >= 15 is 0 Å². The van der Waals surface area contributed by atoms with E-state index in [4.69, 9.17) is 4.74 Å². The van der Waals surface area contributed by atoms with Gasteiger partial charge in [0.05, 0.1) is 30.1 Å². The van der Waals surface area contributed by atoms with E-state index in [1.807, 2.05) is 34.6 Å². The summed E-state index contributed by atoms with van der Waals surface area (Å²) in [4.78, 5) is 10.4. The van der Waals surface area contributed by atoms with Crippen LogP contribution in [-0.2, 0) is 4.74 Å². The highest BCUT2D eigenvalue weighted by Crippen LogP contribution is 2.12. The number of rotatable bonds is 5. The molecule has 0 fully saturated rings. The molecular formula is C9H20N2O2. The first kappa shape index (κ1) is 12.4. The van der Waals surface area contributed by atoms with E-state index in [1.54, 1.807) is 0 Å². The second-order valence-corrected chi connectivity index (χ2v) is 4.30. The normalized spacial score (nSPS) is 11.8. The van der Waals surface area contributed by atoms with E-state index < -0.39 is 0 Å². The highest BCUT2D eigenvalue weighted by molar-refractivity contribution is 4.72. The van der Waals surface area contributed by atoms with Crippen LogP contribution in [0.1, 0.15) is 34.6 Å². The second kappa shape index (κ2) is 5.17. The monoisotopic (exact) mass is 188 g/mol. The van der Waals surface area contributed by atoms with Gasteiger partial charge in [0, 0.05) is 0 Å². The number of nitrogens with zero attached hydrogens (tertiary/aromatic N) is 2. The molecule has 4 nitrogen and oxygen atoms in total. The van der Waals surface area contributed by atoms with Gasteiger partial charge in [-0.25, -0.2) is 0 Å². The number of hydrogen-bond acceptors (Lipinski definition) is 3. The Hall–Kier alpha value is -0.640. The highest BCUT2D eigenvalue weighted by atomic mass is 16.5. The van der Waals surface area contributed by atoms with Crippen LogP contribution in [0.4, 0.5) is 0 Å². The molecule has 0 rings (SSSR count). The van der Waals surface area contributed by atoms with Gasteiger partial charge in [-0.3, -0.25) is 5.01 Å². The summed E-state index contributed by atoms with van der Waals surface area (Å²) in [6, 6.07) is 0. The second-order valence-electron chi connectivity index (χ2n) is 4.30. The Labute approximate surface area is 80.2 Å². The number of ether oxygens (including phenoxy) is 1.